The quantitative estimate of drug-likeness (QED) is 0.896. The lowest BCUT2D eigenvalue weighted by Gasteiger charge is -2.42. The van der Waals surface area contributed by atoms with Crippen molar-refractivity contribution in [3.05, 3.63) is 29.8 Å². The highest BCUT2D eigenvalue weighted by atomic mass is 19.1. The predicted octanol–water partition coefficient (Wildman–Crippen LogP) is 2.96. The number of amides is 1. The van der Waals surface area contributed by atoms with E-state index in [1.807, 2.05) is 6.92 Å². The summed E-state index contributed by atoms with van der Waals surface area (Å²) in [7, 11) is 0. The van der Waals surface area contributed by atoms with Crippen molar-refractivity contribution in [3.63, 3.8) is 0 Å². The summed E-state index contributed by atoms with van der Waals surface area (Å²) in [5, 5.41) is 19.9. The molecule has 0 saturated carbocycles. The van der Waals surface area contributed by atoms with Gasteiger partial charge in [-0.2, -0.15) is 0 Å². The van der Waals surface area contributed by atoms with E-state index in [1.54, 1.807) is 0 Å². The second kappa shape index (κ2) is 6.85. The molecule has 1 aliphatic rings. The Morgan fingerprint density at radius 2 is 2.29 bits per heavy atom. The molecule has 5 nitrogen and oxygen atoms in total. The molecule has 1 aliphatic heterocycles. The van der Waals surface area contributed by atoms with E-state index in [2.05, 4.69) is 4.98 Å². The Balaban J connectivity index is 2.24. The van der Waals surface area contributed by atoms with E-state index in [1.165, 1.54) is 17.2 Å². The van der Waals surface area contributed by atoms with Crippen molar-refractivity contribution >= 4 is 6.09 Å². The fraction of sp³-hybridized carbons (Fsp3) is 0.600. The van der Waals surface area contributed by atoms with Crippen molar-refractivity contribution in [2.75, 3.05) is 0 Å². The van der Waals surface area contributed by atoms with Gasteiger partial charge in [0.25, 0.3) is 0 Å². The molecule has 6 heteroatoms. The number of hydrogen-bond acceptors (Lipinski definition) is 3. The summed E-state index contributed by atoms with van der Waals surface area (Å²) in [6.07, 6.45) is 4.28. The van der Waals surface area contributed by atoms with Crippen LogP contribution in [0.2, 0.25) is 0 Å². The van der Waals surface area contributed by atoms with Crippen molar-refractivity contribution in [1.29, 1.82) is 0 Å². The summed E-state index contributed by atoms with van der Waals surface area (Å²) >= 11 is 0. The number of likely N-dealkylation sites (tertiary alicyclic amines) is 1. The first-order valence-electron chi connectivity index (χ1n) is 7.34. The zero-order valence-electron chi connectivity index (χ0n) is 12.1. The van der Waals surface area contributed by atoms with E-state index in [0.29, 0.717) is 12.0 Å². The number of piperidine rings is 1. The number of aromatic nitrogens is 1. The summed E-state index contributed by atoms with van der Waals surface area (Å²) in [4.78, 5) is 16.7. The van der Waals surface area contributed by atoms with Crippen molar-refractivity contribution in [2.45, 2.75) is 57.2 Å². The minimum absolute atomic E-state index is 0.0811. The van der Waals surface area contributed by atoms with Gasteiger partial charge in [-0.3, -0.25) is 9.88 Å². The highest BCUT2D eigenvalue weighted by Gasteiger charge is 2.38. The maximum atomic E-state index is 13.2. The molecule has 2 heterocycles. The van der Waals surface area contributed by atoms with E-state index >= 15 is 0 Å². The summed E-state index contributed by atoms with van der Waals surface area (Å²) in [6, 6.07) is 0.583. The van der Waals surface area contributed by atoms with E-state index in [4.69, 9.17) is 0 Å². The second-order valence-electron chi connectivity index (χ2n) is 5.51. The monoisotopic (exact) mass is 296 g/mol. The predicted molar refractivity (Wildman–Crippen MR) is 75.4 cm³/mol. The Morgan fingerprint density at radius 1 is 1.52 bits per heavy atom. The standard InChI is InChI=1S/C15H21FN2O3/c1-2-4-12-5-3-6-13(18(12)15(20)21)14(19)10-7-11(16)9-17-8-10/h7-9,12-14,19H,2-6H2,1H3,(H,20,21)/t12-,13+,14-/m0/s1. The van der Waals surface area contributed by atoms with Crippen LogP contribution in [0, 0.1) is 5.82 Å². The van der Waals surface area contributed by atoms with Crippen molar-refractivity contribution in [1.82, 2.24) is 9.88 Å². The summed E-state index contributed by atoms with van der Waals surface area (Å²) in [6.45, 7) is 2.01. The number of halogens is 1. The van der Waals surface area contributed by atoms with Crippen LogP contribution in [0.4, 0.5) is 9.18 Å². The van der Waals surface area contributed by atoms with Gasteiger partial charge in [-0.25, -0.2) is 9.18 Å². The molecule has 1 fully saturated rings. The van der Waals surface area contributed by atoms with Crippen LogP contribution in [0.15, 0.2) is 18.5 Å². The fourth-order valence-corrected chi connectivity index (χ4v) is 3.15. The number of aliphatic hydroxyl groups is 1. The molecule has 0 aliphatic carbocycles. The number of aliphatic hydroxyl groups excluding tert-OH is 1. The molecule has 1 saturated heterocycles. The maximum Gasteiger partial charge on any atom is 0.407 e. The highest BCUT2D eigenvalue weighted by Crippen LogP contribution is 2.33. The van der Waals surface area contributed by atoms with E-state index in [0.717, 1.165) is 31.9 Å². The van der Waals surface area contributed by atoms with Gasteiger partial charge in [0.1, 0.15) is 11.9 Å². The minimum atomic E-state index is -1.05. The van der Waals surface area contributed by atoms with Gasteiger partial charge >= 0.3 is 6.09 Å². The topological polar surface area (TPSA) is 73.7 Å². The Morgan fingerprint density at radius 3 is 2.90 bits per heavy atom. The fourth-order valence-electron chi connectivity index (χ4n) is 3.15. The zero-order chi connectivity index (χ0) is 15.4. The Kier molecular flexibility index (Phi) is 5.12. The molecule has 0 unspecified atom stereocenters. The number of nitrogens with zero attached hydrogens (tertiary/aromatic N) is 2. The Bertz CT molecular complexity index is 496. The molecule has 0 bridgehead atoms. The van der Waals surface area contributed by atoms with E-state index in [9.17, 15) is 19.4 Å². The van der Waals surface area contributed by atoms with Crippen LogP contribution in [-0.4, -0.2) is 38.3 Å². The van der Waals surface area contributed by atoms with Gasteiger partial charge in [0.15, 0.2) is 0 Å². The molecular formula is C15H21FN2O3. The number of hydrogen-bond donors (Lipinski definition) is 2. The van der Waals surface area contributed by atoms with Gasteiger partial charge in [-0.15, -0.1) is 0 Å². The number of rotatable bonds is 4. The highest BCUT2D eigenvalue weighted by molar-refractivity contribution is 5.66. The van der Waals surface area contributed by atoms with Crippen molar-refractivity contribution in [3.8, 4) is 0 Å². The molecule has 0 spiro atoms. The molecule has 21 heavy (non-hydrogen) atoms. The maximum absolute atomic E-state index is 13.2. The molecular weight excluding hydrogens is 275 g/mol. The molecule has 1 aromatic rings. The summed E-state index contributed by atoms with van der Waals surface area (Å²) in [5.41, 5.74) is 0.323. The lowest BCUT2D eigenvalue weighted by Crippen LogP contribution is -2.51. The van der Waals surface area contributed by atoms with E-state index < -0.39 is 24.1 Å². The van der Waals surface area contributed by atoms with Gasteiger partial charge in [-0.05, 0) is 31.7 Å². The summed E-state index contributed by atoms with van der Waals surface area (Å²) < 4.78 is 13.2. The average Bonchev–Trinajstić information content (AvgIpc) is 2.46. The number of carbonyl (C=O) groups is 1. The van der Waals surface area contributed by atoms with Crippen LogP contribution in [0.5, 0.6) is 0 Å². The lowest BCUT2D eigenvalue weighted by atomic mass is 9.88. The molecule has 116 valence electrons. The molecule has 0 radical (unpaired) electrons. The van der Waals surface area contributed by atoms with Gasteiger partial charge in [0, 0.05) is 17.8 Å². The molecule has 0 aromatic carbocycles. The minimum Gasteiger partial charge on any atom is -0.465 e. The summed E-state index contributed by atoms with van der Waals surface area (Å²) in [5.74, 6) is -0.533. The first-order chi connectivity index (χ1) is 10.0. The third kappa shape index (κ3) is 3.50. The first-order valence-corrected chi connectivity index (χ1v) is 7.34. The Labute approximate surface area is 123 Å². The van der Waals surface area contributed by atoms with Crippen LogP contribution in [0.1, 0.15) is 50.7 Å². The third-order valence-corrected chi connectivity index (χ3v) is 4.06. The zero-order valence-corrected chi connectivity index (χ0v) is 12.1. The van der Waals surface area contributed by atoms with Crippen LogP contribution in [0.25, 0.3) is 0 Å². The second-order valence-corrected chi connectivity index (χ2v) is 5.51. The number of carboxylic acid groups (broad SMARTS) is 1. The van der Waals surface area contributed by atoms with Crippen LogP contribution >= 0.6 is 0 Å². The van der Waals surface area contributed by atoms with Crippen molar-refractivity contribution < 1.29 is 19.4 Å². The van der Waals surface area contributed by atoms with Crippen LogP contribution in [0.3, 0.4) is 0 Å². The average molecular weight is 296 g/mol. The smallest absolute Gasteiger partial charge is 0.407 e. The van der Waals surface area contributed by atoms with Gasteiger partial charge in [0.05, 0.1) is 12.2 Å². The number of pyridine rings is 1. The molecule has 1 aromatic heterocycles. The molecule has 3 atom stereocenters. The van der Waals surface area contributed by atoms with Gasteiger partial charge < -0.3 is 10.2 Å². The SMILES string of the molecule is CCC[C@H]1CCC[C@H]([C@@H](O)c2cncc(F)c2)N1C(=O)O. The molecule has 2 N–H and O–H groups in total. The van der Waals surface area contributed by atoms with E-state index in [-0.39, 0.29) is 6.04 Å². The van der Waals surface area contributed by atoms with Gasteiger partial charge in [-0.1, -0.05) is 13.3 Å². The van der Waals surface area contributed by atoms with Crippen LogP contribution in [-0.2, 0) is 0 Å². The van der Waals surface area contributed by atoms with Crippen molar-refractivity contribution in [2.24, 2.45) is 0 Å². The largest absolute Gasteiger partial charge is 0.465 e. The molecule has 2 rings (SSSR count). The lowest BCUT2D eigenvalue weighted by molar-refractivity contribution is 0.0000831. The third-order valence-electron chi connectivity index (χ3n) is 4.06. The molecule has 1 amide bonds. The van der Waals surface area contributed by atoms with Crippen LogP contribution < -0.4 is 0 Å². The van der Waals surface area contributed by atoms with Gasteiger partial charge in [0.2, 0.25) is 0 Å². The normalized spacial score (nSPS) is 23.9. The first kappa shape index (κ1) is 15.7. The Hall–Kier alpha value is -1.69.